The topological polar surface area (TPSA) is 272 Å². The van der Waals surface area contributed by atoms with Crippen LogP contribution in [0.3, 0.4) is 0 Å². The molecular formula is C24H39ClN4O11. The summed E-state index contributed by atoms with van der Waals surface area (Å²) in [6.07, 6.45) is -16.4. The number of hydrogen-bond donors (Lipinski definition) is 10. The third-order valence-corrected chi connectivity index (χ3v) is 7.78. The predicted molar refractivity (Wildman–Crippen MR) is 138 cm³/mol. The first-order valence-corrected chi connectivity index (χ1v) is 13.4. The van der Waals surface area contributed by atoms with Crippen LogP contribution >= 0.6 is 11.6 Å². The van der Waals surface area contributed by atoms with E-state index in [1.54, 1.807) is 24.3 Å². The summed E-state index contributed by atoms with van der Waals surface area (Å²) < 4.78 is 28.6. The Balaban J connectivity index is 1.43. The van der Waals surface area contributed by atoms with Crippen LogP contribution in [0.2, 0.25) is 5.02 Å². The smallest absolute Gasteiger partial charge is 0.187 e. The van der Waals surface area contributed by atoms with Gasteiger partial charge in [-0.3, -0.25) is 0 Å². The van der Waals surface area contributed by atoms with E-state index in [1.165, 1.54) is 0 Å². The van der Waals surface area contributed by atoms with E-state index >= 15 is 0 Å². The van der Waals surface area contributed by atoms with E-state index in [0.717, 1.165) is 0 Å². The van der Waals surface area contributed by atoms with Gasteiger partial charge < -0.3 is 77.3 Å². The standard InChI is InChI=1S/C24H39ClN4O11/c25-8-1-3-9(4-2-8)36-7-13-15(30)14(29)17(32)23(38-13)39-21-10(27)5-11(28)22(20(21)35)40-24-19(34)18(33)16(31)12(6-26)37-24/h1-4,10-24,30-35H,5-7,26-29H2/t10-,11+,12-,13-,14+,15-,16-,17-,18+,19-,20-,21+,22-,23-,24-/m1/s1. The van der Waals surface area contributed by atoms with Gasteiger partial charge in [0.15, 0.2) is 12.6 Å². The zero-order chi connectivity index (χ0) is 29.3. The lowest BCUT2D eigenvalue weighted by molar-refractivity contribution is -0.331. The van der Waals surface area contributed by atoms with E-state index in [9.17, 15) is 30.6 Å². The lowest BCUT2D eigenvalue weighted by Crippen LogP contribution is -2.68. The zero-order valence-electron chi connectivity index (χ0n) is 21.5. The number of aliphatic hydroxyl groups excluding tert-OH is 6. The number of ether oxygens (including phenoxy) is 5. The molecule has 2 saturated heterocycles. The quantitative estimate of drug-likeness (QED) is 0.136. The fourth-order valence-electron chi connectivity index (χ4n) is 5.10. The molecule has 15 nitrogen and oxygen atoms in total. The Labute approximate surface area is 235 Å². The molecule has 228 valence electrons. The summed E-state index contributed by atoms with van der Waals surface area (Å²) >= 11 is 5.89. The minimum absolute atomic E-state index is 0.0846. The first-order valence-electron chi connectivity index (χ1n) is 13.0. The van der Waals surface area contributed by atoms with Crippen molar-refractivity contribution in [3.05, 3.63) is 29.3 Å². The maximum Gasteiger partial charge on any atom is 0.187 e. The third-order valence-electron chi connectivity index (χ3n) is 7.53. The van der Waals surface area contributed by atoms with Gasteiger partial charge >= 0.3 is 0 Å². The molecule has 0 bridgehead atoms. The van der Waals surface area contributed by atoms with Crippen LogP contribution in [0.15, 0.2) is 24.3 Å². The van der Waals surface area contributed by atoms with Crippen molar-refractivity contribution in [2.45, 2.75) is 98.2 Å². The van der Waals surface area contributed by atoms with Gasteiger partial charge in [0, 0.05) is 23.7 Å². The molecule has 40 heavy (non-hydrogen) atoms. The van der Waals surface area contributed by atoms with Crippen LogP contribution in [0.5, 0.6) is 5.75 Å². The molecule has 0 aromatic heterocycles. The van der Waals surface area contributed by atoms with Crippen molar-refractivity contribution in [2.75, 3.05) is 13.2 Å². The molecule has 15 atom stereocenters. The van der Waals surface area contributed by atoms with Crippen molar-refractivity contribution in [1.82, 2.24) is 0 Å². The van der Waals surface area contributed by atoms with E-state index in [4.69, 9.17) is 58.2 Å². The molecule has 0 unspecified atom stereocenters. The molecule has 1 aliphatic carbocycles. The second kappa shape index (κ2) is 13.4. The molecule has 1 saturated carbocycles. The van der Waals surface area contributed by atoms with Gasteiger partial charge in [-0.2, -0.15) is 0 Å². The predicted octanol–water partition coefficient (Wildman–Crippen LogP) is -4.55. The summed E-state index contributed by atoms with van der Waals surface area (Å²) in [4.78, 5) is 0. The second-order valence-corrected chi connectivity index (χ2v) is 10.8. The van der Waals surface area contributed by atoms with E-state index in [-0.39, 0.29) is 19.6 Å². The Bertz CT molecular complexity index is 952. The van der Waals surface area contributed by atoms with Crippen molar-refractivity contribution in [2.24, 2.45) is 22.9 Å². The van der Waals surface area contributed by atoms with E-state index in [0.29, 0.717) is 10.8 Å². The molecule has 0 spiro atoms. The number of nitrogens with two attached hydrogens (primary N) is 4. The average molecular weight is 595 g/mol. The Morgan fingerprint density at radius 1 is 0.725 bits per heavy atom. The monoisotopic (exact) mass is 594 g/mol. The van der Waals surface area contributed by atoms with Gasteiger partial charge in [0.05, 0.1) is 6.04 Å². The highest BCUT2D eigenvalue weighted by molar-refractivity contribution is 6.30. The molecule has 0 radical (unpaired) electrons. The Morgan fingerprint density at radius 2 is 1.27 bits per heavy atom. The summed E-state index contributed by atoms with van der Waals surface area (Å²) in [6, 6.07) is 3.64. The maximum atomic E-state index is 11.2. The van der Waals surface area contributed by atoms with Crippen LogP contribution in [0, 0.1) is 0 Å². The Kier molecular flexibility index (Phi) is 10.6. The first-order chi connectivity index (χ1) is 18.9. The highest BCUT2D eigenvalue weighted by atomic mass is 35.5. The fourth-order valence-corrected chi connectivity index (χ4v) is 5.22. The lowest BCUT2D eigenvalue weighted by atomic mass is 9.84. The number of halogens is 1. The Morgan fingerprint density at radius 3 is 1.85 bits per heavy atom. The van der Waals surface area contributed by atoms with Crippen LogP contribution in [0.1, 0.15) is 6.42 Å². The average Bonchev–Trinajstić information content (AvgIpc) is 2.93. The van der Waals surface area contributed by atoms with E-state index in [1.807, 2.05) is 0 Å². The third kappa shape index (κ3) is 6.70. The van der Waals surface area contributed by atoms with Crippen LogP contribution in [0.4, 0.5) is 0 Å². The Hall–Kier alpha value is -1.25. The van der Waals surface area contributed by atoms with Crippen molar-refractivity contribution in [3.63, 3.8) is 0 Å². The van der Waals surface area contributed by atoms with Crippen LogP contribution in [-0.4, -0.2) is 136 Å². The lowest BCUT2D eigenvalue weighted by Gasteiger charge is -2.48. The molecule has 14 N–H and O–H groups in total. The molecule has 3 aliphatic rings. The van der Waals surface area contributed by atoms with Gasteiger partial charge in [-0.1, -0.05) is 11.6 Å². The van der Waals surface area contributed by atoms with Crippen LogP contribution < -0.4 is 27.7 Å². The van der Waals surface area contributed by atoms with Gasteiger partial charge in [-0.25, -0.2) is 0 Å². The van der Waals surface area contributed by atoms with Gasteiger partial charge in [0.2, 0.25) is 0 Å². The summed E-state index contributed by atoms with van der Waals surface area (Å²) in [7, 11) is 0. The second-order valence-electron chi connectivity index (χ2n) is 10.4. The van der Waals surface area contributed by atoms with Crippen molar-refractivity contribution < 1.29 is 54.3 Å². The van der Waals surface area contributed by atoms with E-state index in [2.05, 4.69) is 0 Å². The van der Waals surface area contributed by atoms with Gasteiger partial charge in [0.1, 0.15) is 73.4 Å². The number of hydrogen-bond acceptors (Lipinski definition) is 15. The normalized spacial score (nSPS) is 46.2. The molecule has 2 aliphatic heterocycles. The maximum absolute atomic E-state index is 11.2. The van der Waals surface area contributed by atoms with Crippen LogP contribution in [0.25, 0.3) is 0 Å². The highest BCUT2D eigenvalue weighted by Crippen LogP contribution is 2.31. The molecule has 3 fully saturated rings. The number of benzene rings is 1. The number of aliphatic hydroxyl groups is 6. The summed E-state index contributed by atoms with van der Waals surface area (Å²) in [5.41, 5.74) is 24.0. The largest absolute Gasteiger partial charge is 0.491 e. The minimum atomic E-state index is -1.67. The van der Waals surface area contributed by atoms with Crippen molar-refractivity contribution in [3.8, 4) is 5.75 Å². The van der Waals surface area contributed by atoms with Crippen molar-refractivity contribution >= 4 is 11.6 Å². The van der Waals surface area contributed by atoms with Crippen LogP contribution in [-0.2, 0) is 18.9 Å². The fraction of sp³-hybridized carbons (Fsp3) is 0.750. The molecule has 0 amide bonds. The first kappa shape index (κ1) is 31.7. The SMILES string of the molecule is NC[C@H]1O[C@H](O[C@H]2[C@H](O)[C@@H](O[C@H]3O[C@H](COc4ccc(Cl)cc4)[C@@H](O)[C@H](N)[C@H]3O)[C@H](N)C[C@@H]2N)[C@H](O)[C@@H](O)[C@@H]1O. The minimum Gasteiger partial charge on any atom is -0.491 e. The van der Waals surface area contributed by atoms with Gasteiger partial charge in [-0.05, 0) is 30.7 Å². The molecule has 2 heterocycles. The summed E-state index contributed by atoms with van der Waals surface area (Å²) in [5.74, 6) is 0.456. The summed E-state index contributed by atoms with van der Waals surface area (Å²) in [6.45, 7) is -0.320. The molecule has 16 heteroatoms. The summed E-state index contributed by atoms with van der Waals surface area (Å²) in [5, 5.41) is 63.5. The number of rotatable bonds is 8. The molecule has 1 aromatic carbocycles. The zero-order valence-corrected chi connectivity index (χ0v) is 22.3. The molecular weight excluding hydrogens is 556 g/mol. The van der Waals surface area contributed by atoms with E-state index < -0.39 is 91.7 Å². The highest BCUT2D eigenvalue weighted by Gasteiger charge is 2.51. The van der Waals surface area contributed by atoms with Gasteiger partial charge in [-0.15, -0.1) is 0 Å². The molecule has 4 rings (SSSR count). The van der Waals surface area contributed by atoms with Crippen molar-refractivity contribution in [1.29, 1.82) is 0 Å². The molecule has 1 aromatic rings. The van der Waals surface area contributed by atoms with Gasteiger partial charge in [0.25, 0.3) is 0 Å².